The van der Waals surface area contributed by atoms with Crippen molar-refractivity contribution in [3.05, 3.63) is 0 Å². The molecule has 0 aromatic carbocycles. The van der Waals surface area contributed by atoms with Crippen LogP contribution in [-0.4, -0.2) is 37.1 Å². The topological polar surface area (TPSA) is 39.1 Å². The van der Waals surface area contributed by atoms with Crippen molar-refractivity contribution in [3.63, 3.8) is 0 Å². The lowest BCUT2D eigenvalue weighted by Crippen LogP contribution is -2.42. The standard InChI is InChI=1S/C10H19N3/c1-3-13-7-4-5-10(9-11,12-2)6-8-13/h12H,3-8H2,1-2H3. The van der Waals surface area contributed by atoms with Crippen LogP contribution in [0.15, 0.2) is 0 Å². The molecule has 0 bridgehead atoms. The maximum atomic E-state index is 9.09. The zero-order valence-corrected chi connectivity index (χ0v) is 8.64. The predicted molar refractivity (Wildman–Crippen MR) is 53.4 cm³/mol. The van der Waals surface area contributed by atoms with Crippen LogP contribution in [0.3, 0.4) is 0 Å². The normalized spacial score (nSPS) is 30.8. The molecule has 1 heterocycles. The van der Waals surface area contributed by atoms with Gasteiger partial charge in [-0.15, -0.1) is 0 Å². The molecule has 0 spiro atoms. The fourth-order valence-corrected chi connectivity index (χ4v) is 1.92. The lowest BCUT2D eigenvalue weighted by molar-refractivity contribution is 0.292. The first-order valence-corrected chi connectivity index (χ1v) is 5.09. The summed E-state index contributed by atoms with van der Waals surface area (Å²) in [5.74, 6) is 0. The van der Waals surface area contributed by atoms with Gasteiger partial charge in [-0.3, -0.25) is 0 Å². The van der Waals surface area contributed by atoms with Gasteiger partial charge in [-0.05, 0) is 39.4 Å². The van der Waals surface area contributed by atoms with E-state index in [1.54, 1.807) is 0 Å². The Kier molecular flexibility index (Phi) is 3.71. The highest BCUT2D eigenvalue weighted by atomic mass is 15.1. The maximum absolute atomic E-state index is 9.09. The third-order valence-corrected chi connectivity index (χ3v) is 3.07. The second-order valence-electron chi connectivity index (χ2n) is 3.73. The van der Waals surface area contributed by atoms with Gasteiger partial charge >= 0.3 is 0 Å². The van der Waals surface area contributed by atoms with Gasteiger partial charge in [0.15, 0.2) is 0 Å². The molecule has 3 heteroatoms. The summed E-state index contributed by atoms with van der Waals surface area (Å²) in [6.07, 6.45) is 3.06. The van der Waals surface area contributed by atoms with Gasteiger partial charge in [0.2, 0.25) is 0 Å². The van der Waals surface area contributed by atoms with Crippen LogP contribution in [0.25, 0.3) is 0 Å². The van der Waals surface area contributed by atoms with E-state index in [1.807, 2.05) is 7.05 Å². The Hall–Kier alpha value is -0.590. The minimum absolute atomic E-state index is 0.260. The number of hydrogen-bond donors (Lipinski definition) is 1. The summed E-state index contributed by atoms with van der Waals surface area (Å²) >= 11 is 0. The molecule has 0 amide bonds. The van der Waals surface area contributed by atoms with Gasteiger partial charge in [0.05, 0.1) is 6.07 Å². The molecule has 1 fully saturated rings. The van der Waals surface area contributed by atoms with Gasteiger partial charge < -0.3 is 10.2 Å². The van der Waals surface area contributed by atoms with E-state index < -0.39 is 0 Å². The van der Waals surface area contributed by atoms with Crippen molar-refractivity contribution >= 4 is 0 Å². The Bertz CT molecular complexity index is 197. The summed E-state index contributed by atoms with van der Waals surface area (Å²) in [5.41, 5.74) is -0.260. The molecule has 0 radical (unpaired) electrons. The van der Waals surface area contributed by atoms with Crippen LogP contribution in [0.1, 0.15) is 26.2 Å². The Morgan fingerprint density at radius 3 is 2.77 bits per heavy atom. The molecule has 13 heavy (non-hydrogen) atoms. The van der Waals surface area contributed by atoms with Gasteiger partial charge in [-0.2, -0.15) is 5.26 Å². The molecule has 1 N–H and O–H groups in total. The number of likely N-dealkylation sites (tertiary alicyclic amines) is 1. The molecule has 74 valence electrons. The molecule has 0 saturated carbocycles. The largest absolute Gasteiger partial charge is 0.304 e. The minimum Gasteiger partial charge on any atom is -0.304 e. The van der Waals surface area contributed by atoms with E-state index >= 15 is 0 Å². The fourth-order valence-electron chi connectivity index (χ4n) is 1.92. The van der Waals surface area contributed by atoms with Crippen LogP contribution in [0, 0.1) is 11.3 Å². The monoisotopic (exact) mass is 181 g/mol. The van der Waals surface area contributed by atoms with Crippen LogP contribution in [-0.2, 0) is 0 Å². The van der Waals surface area contributed by atoms with Gasteiger partial charge in [0, 0.05) is 6.54 Å². The first-order valence-electron chi connectivity index (χ1n) is 5.09. The summed E-state index contributed by atoms with van der Waals surface area (Å²) in [6.45, 7) is 5.47. The van der Waals surface area contributed by atoms with Crippen molar-refractivity contribution < 1.29 is 0 Å². The third-order valence-electron chi connectivity index (χ3n) is 3.07. The molecule has 1 atom stereocenters. The molecule has 0 aromatic heterocycles. The van der Waals surface area contributed by atoms with Crippen LogP contribution in [0.4, 0.5) is 0 Å². The second kappa shape index (κ2) is 4.59. The molecule has 1 aliphatic rings. The van der Waals surface area contributed by atoms with E-state index in [4.69, 9.17) is 5.26 Å². The Labute approximate surface area is 80.7 Å². The average molecular weight is 181 g/mol. The van der Waals surface area contributed by atoms with Crippen molar-refractivity contribution in [1.82, 2.24) is 10.2 Å². The number of nitriles is 1. The lowest BCUT2D eigenvalue weighted by atomic mass is 9.93. The van der Waals surface area contributed by atoms with Crippen molar-refractivity contribution in [1.29, 1.82) is 5.26 Å². The molecular weight excluding hydrogens is 162 g/mol. The Morgan fingerprint density at radius 1 is 1.46 bits per heavy atom. The number of rotatable bonds is 2. The average Bonchev–Trinajstić information content (AvgIpc) is 2.40. The quantitative estimate of drug-likeness (QED) is 0.690. The first kappa shape index (κ1) is 10.5. The summed E-state index contributed by atoms with van der Waals surface area (Å²) in [6, 6.07) is 2.41. The summed E-state index contributed by atoms with van der Waals surface area (Å²) in [7, 11) is 1.89. The molecule has 1 rings (SSSR count). The number of nitrogens with one attached hydrogen (secondary N) is 1. The molecular formula is C10H19N3. The molecule has 1 aliphatic heterocycles. The highest BCUT2D eigenvalue weighted by Crippen LogP contribution is 2.20. The third kappa shape index (κ3) is 2.43. The molecule has 0 aromatic rings. The summed E-state index contributed by atoms with van der Waals surface area (Å²) in [4.78, 5) is 2.41. The van der Waals surface area contributed by atoms with E-state index in [-0.39, 0.29) is 5.54 Å². The zero-order valence-electron chi connectivity index (χ0n) is 8.64. The van der Waals surface area contributed by atoms with Gasteiger partial charge in [0.1, 0.15) is 5.54 Å². The van der Waals surface area contributed by atoms with E-state index in [9.17, 15) is 0 Å². The van der Waals surface area contributed by atoms with Gasteiger partial charge in [0.25, 0.3) is 0 Å². The fraction of sp³-hybridized carbons (Fsp3) is 0.900. The van der Waals surface area contributed by atoms with Crippen LogP contribution in [0.2, 0.25) is 0 Å². The van der Waals surface area contributed by atoms with Crippen molar-refractivity contribution in [2.24, 2.45) is 0 Å². The van der Waals surface area contributed by atoms with Crippen molar-refractivity contribution in [2.45, 2.75) is 31.7 Å². The Morgan fingerprint density at radius 2 is 2.23 bits per heavy atom. The van der Waals surface area contributed by atoms with Crippen molar-refractivity contribution in [3.8, 4) is 6.07 Å². The molecule has 1 unspecified atom stereocenters. The maximum Gasteiger partial charge on any atom is 0.107 e. The number of hydrogen-bond acceptors (Lipinski definition) is 3. The predicted octanol–water partition coefficient (Wildman–Crippen LogP) is 0.974. The van der Waals surface area contributed by atoms with E-state index in [1.165, 1.54) is 0 Å². The van der Waals surface area contributed by atoms with Crippen LogP contribution in [0.5, 0.6) is 0 Å². The lowest BCUT2D eigenvalue weighted by Gasteiger charge is -2.24. The molecule has 0 aliphatic carbocycles. The van der Waals surface area contributed by atoms with Gasteiger partial charge in [-0.25, -0.2) is 0 Å². The van der Waals surface area contributed by atoms with E-state index in [0.29, 0.717) is 0 Å². The van der Waals surface area contributed by atoms with E-state index in [2.05, 4.69) is 23.2 Å². The molecule has 1 saturated heterocycles. The zero-order chi connectivity index (χ0) is 9.73. The molecule has 3 nitrogen and oxygen atoms in total. The highest BCUT2D eigenvalue weighted by Gasteiger charge is 2.30. The SMILES string of the molecule is CCN1CCCC(C#N)(NC)CC1. The van der Waals surface area contributed by atoms with Crippen LogP contribution < -0.4 is 5.32 Å². The first-order chi connectivity index (χ1) is 6.26. The van der Waals surface area contributed by atoms with Crippen molar-refractivity contribution in [2.75, 3.05) is 26.7 Å². The summed E-state index contributed by atoms with van der Waals surface area (Å²) in [5, 5.41) is 12.3. The number of nitrogens with zero attached hydrogens (tertiary/aromatic N) is 2. The summed E-state index contributed by atoms with van der Waals surface area (Å²) < 4.78 is 0. The van der Waals surface area contributed by atoms with E-state index in [0.717, 1.165) is 38.9 Å². The second-order valence-corrected chi connectivity index (χ2v) is 3.73. The smallest absolute Gasteiger partial charge is 0.107 e. The van der Waals surface area contributed by atoms with Crippen LogP contribution >= 0.6 is 0 Å². The minimum atomic E-state index is -0.260. The van der Waals surface area contributed by atoms with Gasteiger partial charge in [-0.1, -0.05) is 6.92 Å². The Balaban J connectivity index is 2.57. The highest BCUT2D eigenvalue weighted by molar-refractivity contribution is 5.07.